The summed E-state index contributed by atoms with van der Waals surface area (Å²) in [7, 11) is 0. The minimum absolute atomic E-state index is 0.0173. The van der Waals surface area contributed by atoms with Crippen molar-refractivity contribution in [3.05, 3.63) is 77.5 Å². The number of esters is 1. The molecule has 33 heavy (non-hydrogen) atoms. The van der Waals surface area contributed by atoms with E-state index < -0.39 is 0 Å². The zero-order chi connectivity index (χ0) is 23.2. The third-order valence-electron chi connectivity index (χ3n) is 6.18. The van der Waals surface area contributed by atoms with Gasteiger partial charge in [-0.1, -0.05) is 36.4 Å². The molecule has 5 nitrogen and oxygen atoms in total. The fourth-order valence-corrected chi connectivity index (χ4v) is 4.38. The highest BCUT2D eigenvalue weighted by Crippen LogP contribution is 2.34. The summed E-state index contributed by atoms with van der Waals surface area (Å²) in [4.78, 5) is 19.1. The first-order chi connectivity index (χ1) is 16.0. The molecule has 2 heterocycles. The van der Waals surface area contributed by atoms with Gasteiger partial charge in [-0.05, 0) is 74.6 Å². The molecule has 0 atom stereocenters. The number of nitrogens with zero attached hydrogens (tertiary/aromatic N) is 2. The van der Waals surface area contributed by atoms with E-state index in [1.807, 2.05) is 38.1 Å². The lowest BCUT2D eigenvalue weighted by molar-refractivity contribution is -0.148. The summed E-state index contributed by atoms with van der Waals surface area (Å²) in [6.07, 6.45) is 1.67. The lowest BCUT2D eigenvalue weighted by Crippen LogP contribution is -2.37. The molecule has 0 saturated carbocycles. The Morgan fingerprint density at radius 2 is 1.79 bits per heavy atom. The van der Waals surface area contributed by atoms with Crippen LogP contribution in [0.2, 0.25) is 0 Å². The first kappa shape index (κ1) is 22.8. The Labute approximate surface area is 196 Å². The molecule has 5 heteroatoms. The molecule has 1 aliphatic heterocycles. The summed E-state index contributed by atoms with van der Waals surface area (Å²) < 4.78 is 11.3. The van der Waals surface area contributed by atoms with E-state index in [1.165, 1.54) is 11.3 Å². The number of aryl methyl sites for hydroxylation is 2. The van der Waals surface area contributed by atoms with Crippen molar-refractivity contribution in [3.63, 3.8) is 0 Å². The highest BCUT2D eigenvalue weighted by molar-refractivity contribution is 5.74. The molecule has 1 saturated heterocycles. The lowest BCUT2D eigenvalue weighted by atomic mass is 9.95. The number of aromatic nitrogens is 1. The van der Waals surface area contributed by atoms with E-state index >= 15 is 0 Å². The molecule has 3 aromatic rings. The van der Waals surface area contributed by atoms with Crippen LogP contribution in [0, 0.1) is 19.8 Å². The van der Waals surface area contributed by atoms with Gasteiger partial charge in [-0.25, -0.2) is 4.98 Å². The number of pyridine rings is 1. The fourth-order valence-electron chi connectivity index (χ4n) is 4.38. The second-order valence-corrected chi connectivity index (χ2v) is 8.59. The second-order valence-electron chi connectivity index (χ2n) is 8.59. The molecule has 0 radical (unpaired) electrons. The standard InChI is InChI=1S/C28H32N2O3/c1-4-32-28(31)23-14-16-30(17-15-23)26-13-11-24(18-20(26)2)25-12-10-21(3)29-27(25)33-19-22-8-6-5-7-9-22/h5-13,18,23H,4,14-17,19H2,1-3H3. The summed E-state index contributed by atoms with van der Waals surface area (Å²) in [5.41, 5.74) is 6.55. The summed E-state index contributed by atoms with van der Waals surface area (Å²) in [6, 6.07) is 20.8. The van der Waals surface area contributed by atoms with E-state index in [2.05, 4.69) is 53.2 Å². The van der Waals surface area contributed by atoms with Crippen LogP contribution in [0.15, 0.2) is 60.7 Å². The molecule has 0 spiro atoms. The molecule has 0 aliphatic carbocycles. The number of carbonyl (C=O) groups excluding carboxylic acids is 1. The van der Waals surface area contributed by atoms with E-state index in [-0.39, 0.29) is 11.9 Å². The Bertz CT molecular complexity index is 1090. The van der Waals surface area contributed by atoms with Crippen molar-refractivity contribution >= 4 is 11.7 Å². The highest BCUT2D eigenvalue weighted by atomic mass is 16.5. The maximum absolute atomic E-state index is 12.1. The minimum Gasteiger partial charge on any atom is -0.472 e. The average Bonchev–Trinajstić information content (AvgIpc) is 2.84. The molecule has 0 amide bonds. The van der Waals surface area contributed by atoms with E-state index in [9.17, 15) is 4.79 Å². The second kappa shape index (κ2) is 10.5. The van der Waals surface area contributed by atoms with Gasteiger partial charge in [-0.2, -0.15) is 0 Å². The Kier molecular flexibility index (Phi) is 7.28. The highest BCUT2D eigenvalue weighted by Gasteiger charge is 2.26. The number of benzene rings is 2. The first-order valence-corrected chi connectivity index (χ1v) is 11.7. The van der Waals surface area contributed by atoms with E-state index in [1.54, 1.807) is 0 Å². The summed E-state index contributed by atoms with van der Waals surface area (Å²) in [5, 5.41) is 0. The maximum Gasteiger partial charge on any atom is 0.309 e. The number of rotatable bonds is 7. The van der Waals surface area contributed by atoms with Crippen molar-refractivity contribution in [1.29, 1.82) is 0 Å². The molecule has 0 N–H and O–H groups in total. The molecule has 1 fully saturated rings. The zero-order valence-corrected chi connectivity index (χ0v) is 19.7. The number of hydrogen-bond donors (Lipinski definition) is 0. The molecule has 1 aromatic heterocycles. The van der Waals surface area contributed by atoms with Crippen LogP contribution >= 0.6 is 0 Å². The predicted octanol–water partition coefficient (Wildman–Crippen LogP) is 5.72. The largest absolute Gasteiger partial charge is 0.472 e. The third kappa shape index (κ3) is 5.54. The number of piperidine rings is 1. The topological polar surface area (TPSA) is 51.7 Å². The summed E-state index contributed by atoms with van der Waals surface area (Å²) >= 11 is 0. The van der Waals surface area contributed by atoms with Crippen molar-refractivity contribution in [2.45, 2.75) is 40.2 Å². The molecule has 2 aromatic carbocycles. The Balaban J connectivity index is 1.50. The maximum atomic E-state index is 12.1. The quantitative estimate of drug-likeness (QED) is 0.436. The van der Waals surface area contributed by atoms with Gasteiger partial charge >= 0.3 is 5.97 Å². The van der Waals surface area contributed by atoms with Gasteiger partial charge in [0.2, 0.25) is 5.88 Å². The molecule has 4 rings (SSSR count). The molecule has 172 valence electrons. The van der Waals surface area contributed by atoms with E-state index in [4.69, 9.17) is 9.47 Å². The summed E-state index contributed by atoms with van der Waals surface area (Å²) in [6.45, 7) is 8.64. The molecule has 0 bridgehead atoms. The molecule has 1 aliphatic rings. The number of anilines is 1. The smallest absolute Gasteiger partial charge is 0.309 e. The fraction of sp³-hybridized carbons (Fsp3) is 0.357. The normalized spacial score (nSPS) is 14.2. The van der Waals surface area contributed by atoms with Crippen LogP contribution < -0.4 is 9.64 Å². The van der Waals surface area contributed by atoms with Crippen molar-refractivity contribution < 1.29 is 14.3 Å². The molecular formula is C28H32N2O3. The molecule has 0 unspecified atom stereocenters. The van der Waals surface area contributed by atoms with Crippen molar-refractivity contribution in [1.82, 2.24) is 4.98 Å². The van der Waals surface area contributed by atoms with Crippen LogP contribution in [0.4, 0.5) is 5.69 Å². The van der Waals surface area contributed by atoms with Gasteiger partial charge in [0, 0.05) is 30.0 Å². The van der Waals surface area contributed by atoms with Gasteiger partial charge in [0.1, 0.15) is 6.61 Å². The number of carbonyl (C=O) groups is 1. The van der Waals surface area contributed by atoms with Crippen LogP contribution in [0.1, 0.15) is 36.6 Å². The van der Waals surface area contributed by atoms with Crippen LogP contribution in [-0.2, 0) is 16.1 Å². The SMILES string of the molecule is CCOC(=O)C1CCN(c2ccc(-c3ccc(C)nc3OCc3ccccc3)cc2C)CC1. The van der Waals surface area contributed by atoms with Gasteiger partial charge in [0.05, 0.1) is 12.5 Å². The average molecular weight is 445 g/mol. The van der Waals surface area contributed by atoms with Crippen LogP contribution in [0.3, 0.4) is 0 Å². The number of ether oxygens (including phenoxy) is 2. The summed E-state index contributed by atoms with van der Waals surface area (Å²) in [5.74, 6) is 0.615. The lowest BCUT2D eigenvalue weighted by Gasteiger charge is -2.33. The van der Waals surface area contributed by atoms with Gasteiger partial charge in [-0.3, -0.25) is 4.79 Å². The van der Waals surface area contributed by atoms with Crippen molar-refractivity contribution in [2.24, 2.45) is 5.92 Å². The first-order valence-electron chi connectivity index (χ1n) is 11.7. The third-order valence-corrected chi connectivity index (χ3v) is 6.18. The Hall–Kier alpha value is -3.34. The Morgan fingerprint density at radius 1 is 1.03 bits per heavy atom. The minimum atomic E-state index is -0.0564. The van der Waals surface area contributed by atoms with Crippen LogP contribution in [-0.4, -0.2) is 30.6 Å². The van der Waals surface area contributed by atoms with Gasteiger partial charge < -0.3 is 14.4 Å². The van der Waals surface area contributed by atoms with E-state index in [0.717, 1.165) is 48.3 Å². The van der Waals surface area contributed by atoms with E-state index in [0.29, 0.717) is 19.1 Å². The zero-order valence-electron chi connectivity index (χ0n) is 19.7. The van der Waals surface area contributed by atoms with Gasteiger partial charge in [-0.15, -0.1) is 0 Å². The van der Waals surface area contributed by atoms with Crippen LogP contribution in [0.25, 0.3) is 11.1 Å². The Morgan fingerprint density at radius 3 is 2.48 bits per heavy atom. The predicted molar refractivity (Wildman–Crippen MR) is 131 cm³/mol. The van der Waals surface area contributed by atoms with Crippen molar-refractivity contribution in [2.75, 3.05) is 24.6 Å². The number of hydrogen-bond acceptors (Lipinski definition) is 5. The van der Waals surface area contributed by atoms with Gasteiger partial charge in [0.25, 0.3) is 0 Å². The van der Waals surface area contributed by atoms with Crippen LogP contribution in [0.5, 0.6) is 5.88 Å². The van der Waals surface area contributed by atoms with Crippen molar-refractivity contribution in [3.8, 4) is 17.0 Å². The monoisotopic (exact) mass is 444 g/mol. The van der Waals surface area contributed by atoms with Gasteiger partial charge in [0.15, 0.2) is 0 Å². The molecular weight excluding hydrogens is 412 g/mol.